The number of hydrogen-bond acceptors (Lipinski definition) is 7. The van der Waals surface area contributed by atoms with E-state index >= 15 is 0 Å². The number of rotatable bonds is 7. The van der Waals surface area contributed by atoms with Crippen molar-refractivity contribution in [1.82, 2.24) is 15.1 Å². The Morgan fingerprint density at radius 2 is 1.72 bits per heavy atom. The number of benzene rings is 1. The first-order valence-corrected chi connectivity index (χ1v) is 9.96. The predicted octanol–water partition coefficient (Wildman–Crippen LogP) is 2.30. The summed E-state index contributed by atoms with van der Waals surface area (Å²) in [5.41, 5.74) is 0.517. The van der Waals surface area contributed by atoms with Gasteiger partial charge in [0.25, 0.3) is 5.91 Å². The van der Waals surface area contributed by atoms with Gasteiger partial charge in [-0.25, -0.2) is 0 Å². The molecule has 1 fully saturated rings. The standard InChI is InChI=1S/C21H29N5O3/c1-5-24(6-2)18-10-11-19(23-22-18)25-12-14-26(15-13-25)21(27)16-8-7-9-17(28-3)20(16)29-4/h7-11H,5-6,12-15H2,1-4H3. The zero-order valence-corrected chi connectivity index (χ0v) is 17.6. The maximum absolute atomic E-state index is 13.0. The van der Waals surface area contributed by atoms with Crippen LogP contribution in [0.3, 0.4) is 0 Å². The number of amides is 1. The van der Waals surface area contributed by atoms with E-state index < -0.39 is 0 Å². The highest BCUT2D eigenvalue weighted by molar-refractivity contribution is 5.98. The molecule has 29 heavy (non-hydrogen) atoms. The van der Waals surface area contributed by atoms with Gasteiger partial charge in [0.15, 0.2) is 23.1 Å². The Kier molecular flexibility index (Phi) is 6.74. The summed E-state index contributed by atoms with van der Waals surface area (Å²) >= 11 is 0. The lowest BCUT2D eigenvalue weighted by Crippen LogP contribution is -2.49. The molecule has 0 N–H and O–H groups in total. The van der Waals surface area contributed by atoms with Crippen molar-refractivity contribution in [3.05, 3.63) is 35.9 Å². The summed E-state index contributed by atoms with van der Waals surface area (Å²) in [5.74, 6) is 2.70. The Morgan fingerprint density at radius 1 is 1.00 bits per heavy atom. The maximum atomic E-state index is 13.0. The fraction of sp³-hybridized carbons (Fsp3) is 0.476. The summed E-state index contributed by atoms with van der Waals surface area (Å²) in [6.45, 7) is 8.64. The number of para-hydroxylation sites is 1. The fourth-order valence-corrected chi connectivity index (χ4v) is 3.57. The van der Waals surface area contributed by atoms with Gasteiger partial charge in [0.2, 0.25) is 0 Å². The van der Waals surface area contributed by atoms with Crippen LogP contribution in [0.4, 0.5) is 11.6 Å². The molecule has 1 aromatic heterocycles. The zero-order chi connectivity index (χ0) is 20.8. The lowest BCUT2D eigenvalue weighted by Gasteiger charge is -2.35. The Bertz CT molecular complexity index is 816. The number of hydrogen-bond donors (Lipinski definition) is 0. The minimum Gasteiger partial charge on any atom is -0.493 e. The number of aromatic nitrogens is 2. The number of methoxy groups -OCH3 is 2. The summed E-state index contributed by atoms with van der Waals surface area (Å²) in [7, 11) is 3.12. The molecule has 0 radical (unpaired) electrons. The van der Waals surface area contributed by atoms with Gasteiger partial charge >= 0.3 is 0 Å². The highest BCUT2D eigenvalue weighted by Gasteiger charge is 2.26. The Hall–Kier alpha value is -3.03. The van der Waals surface area contributed by atoms with Gasteiger partial charge in [-0.05, 0) is 38.1 Å². The third-order valence-corrected chi connectivity index (χ3v) is 5.25. The molecular weight excluding hydrogens is 370 g/mol. The van der Waals surface area contributed by atoms with Gasteiger partial charge in [-0.3, -0.25) is 4.79 Å². The zero-order valence-electron chi connectivity index (χ0n) is 17.6. The number of ether oxygens (including phenoxy) is 2. The van der Waals surface area contributed by atoms with E-state index in [2.05, 4.69) is 33.8 Å². The van der Waals surface area contributed by atoms with E-state index in [9.17, 15) is 4.79 Å². The maximum Gasteiger partial charge on any atom is 0.257 e. The molecule has 0 unspecified atom stereocenters. The monoisotopic (exact) mass is 399 g/mol. The molecule has 8 heteroatoms. The normalized spacial score (nSPS) is 13.9. The number of carbonyl (C=O) groups excluding carboxylic acids is 1. The Labute approximate surface area is 172 Å². The smallest absolute Gasteiger partial charge is 0.257 e. The average molecular weight is 399 g/mol. The van der Waals surface area contributed by atoms with Crippen LogP contribution in [0.1, 0.15) is 24.2 Å². The SMILES string of the molecule is CCN(CC)c1ccc(N2CCN(C(=O)c3cccc(OC)c3OC)CC2)nn1. The van der Waals surface area contributed by atoms with Crippen molar-refractivity contribution in [2.45, 2.75) is 13.8 Å². The van der Waals surface area contributed by atoms with E-state index in [4.69, 9.17) is 9.47 Å². The average Bonchev–Trinajstić information content (AvgIpc) is 2.79. The number of carbonyl (C=O) groups is 1. The van der Waals surface area contributed by atoms with E-state index in [-0.39, 0.29) is 5.91 Å². The molecule has 0 bridgehead atoms. The summed E-state index contributed by atoms with van der Waals surface area (Å²) in [6.07, 6.45) is 0. The van der Waals surface area contributed by atoms with Gasteiger partial charge in [0, 0.05) is 39.3 Å². The van der Waals surface area contributed by atoms with Crippen LogP contribution in [-0.4, -0.2) is 74.5 Å². The minimum atomic E-state index is -0.0524. The molecule has 1 aliphatic heterocycles. The lowest BCUT2D eigenvalue weighted by atomic mass is 10.1. The van der Waals surface area contributed by atoms with Gasteiger partial charge in [-0.2, -0.15) is 0 Å². The van der Waals surface area contributed by atoms with Gasteiger partial charge < -0.3 is 24.2 Å². The van der Waals surface area contributed by atoms with Crippen molar-refractivity contribution in [3.63, 3.8) is 0 Å². The third kappa shape index (κ3) is 4.36. The number of piperazine rings is 1. The molecular formula is C21H29N5O3. The summed E-state index contributed by atoms with van der Waals surface area (Å²) in [6, 6.07) is 9.37. The van der Waals surface area contributed by atoms with Crippen LogP contribution >= 0.6 is 0 Å². The molecule has 0 atom stereocenters. The number of nitrogens with zero attached hydrogens (tertiary/aromatic N) is 5. The molecule has 1 aliphatic rings. The van der Waals surface area contributed by atoms with Crippen molar-refractivity contribution < 1.29 is 14.3 Å². The Morgan fingerprint density at radius 3 is 2.28 bits per heavy atom. The quantitative estimate of drug-likeness (QED) is 0.707. The van der Waals surface area contributed by atoms with Crippen LogP contribution < -0.4 is 19.3 Å². The van der Waals surface area contributed by atoms with Gasteiger partial charge in [-0.15, -0.1) is 10.2 Å². The molecule has 8 nitrogen and oxygen atoms in total. The molecule has 0 saturated carbocycles. The van der Waals surface area contributed by atoms with Gasteiger partial charge in [-0.1, -0.05) is 6.07 Å². The van der Waals surface area contributed by atoms with Gasteiger partial charge in [0.1, 0.15) is 0 Å². The molecule has 3 rings (SSSR count). The van der Waals surface area contributed by atoms with Crippen LogP contribution in [0.25, 0.3) is 0 Å². The number of anilines is 2. The van der Waals surface area contributed by atoms with E-state index in [1.54, 1.807) is 32.4 Å². The fourth-order valence-electron chi connectivity index (χ4n) is 3.57. The second-order valence-corrected chi connectivity index (χ2v) is 6.74. The first-order valence-electron chi connectivity index (χ1n) is 9.96. The summed E-state index contributed by atoms with van der Waals surface area (Å²) < 4.78 is 10.7. The van der Waals surface area contributed by atoms with Crippen molar-refractivity contribution in [3.8, 4) is 11.5 Å². The van der Waals surface area contributed by atoms with Crippen LogP contribution in [0.5, 0.6) is 11.5 Å². The Balaban J connectivity index is 1.66. The lowest BCUT2D eigenvalue weighted by molar-refractivity contribution is 0.0742. The molecule has 1 saturated heterocycles. The molecule has 1 aromatic carbocycles. The first kappa shape index (κ1) is 20.7. The molecule has 0 spiro atoms. The van der Waals surface area contributed by atoms with Crippen LogP contribution in [0, 0.1) is 0 Å². The van der Waals surface area contributed by atoms with Crippen molar-refractivity contribution in [2.75, 3.05) is 63.3 Å². The summed E-state index contributed by atoms with van der Waals surface area (Å²) in [4.78, 5) is 19.2. The van der Waals surface area contributed by atoms with Crippen LogP contribution in [0.2, 0.25) is 0 Å². The highest BCUT2D eigenvalue weighted by Crippen LogP contribution is 2.31. The van der Waals surface area contributed by atoms with E-state index in [1.165, 1.54) is 0 Å². The molecule has 0 aliphatic carbocycles. The van der Waals surface area contributed by atoms with Crippen molar-refractivity contribution in [2.24, 2.45) is 0 Å². The highest BCUT2D eigenvalue weighted by atomic mass is 16.5. The van der Waals surface area contributed by atoms with E-state index in [1.807, 2.05) is 17.0 Å². The van der Waals surface area contributed by atoms with E-state index in [0.29, 0.717) is 43.2 Å². The molecule has 2 heterocycles. The predicted molar refractivity (Wildman–Crippen MR) is 113 cm³/mol. The van der Waals surface area contributed by atoms with Crippen molar-refractivity contribution >= 4 is 17.5 Å². The third-order valence-electron chi connectivity index (χ3n) is 5.25. The second-order valence-electron chi connectivity index (χ2n) is 6.74. The van der Waals surface area contributed by atoms with Crippen molar-refractivity contribution in [1.29, 1.82) is 0 Å². The van der Waals surface area contributed by atoms with Crippen LogP contribution in [0.15, 0.2) is 30.3 Å². The topological polar surface area (TPSA) is 71.0 Å². The molecule has 2 aromatic rings. The van der Waals surface area contributed by atoms with E-state index in [0.717, 1.165) is 24.7 Å². The largest absolute Gasteiger partial charge is 0.493 e. The van der Waals surface area contributed by atoms with Gasteiger partial charge in [0.05, 0.1) is 19.8 Å². The second kappa shape index (κ2) is 9.45. The first-order chi connectivity index (χ1) is 14.1. The molecule has 1 amide bonds. The molecule has 156 valence electrons. The minimum absolute atomic E-state index is 0.0524. The summed E-state index contributed by atoms with van der Waals surface area (Å²) in [5, 5.41) is 8.75. The van der Waals surface area contributed by atoms with Crippen LogP contribution in [-0.2, 0) is 0 Å².